The molecule has 0 aromatic heterocycles. The van der Waals surface area contributed by atoms with Crippen LogP contribution in [0.4, 0.5) is 0 Å². The Balaban J connectivity index is 2.25. The number of nitrogens with one attached hydrogen (secondary N) is 1. The minimum absolute atomic E-state index is 0.365. The lowest BCUT2D eigenvalue weighted by Gasteiger charge is -2.18. The Bertz CT molecular complexity index is 164. The molecule has 2 atom stereocenters. The molecule has 0 radical (unpaired) electrons. The fourth-order valence-electron chi connectivity index (χ4n) is 1.80. The Morgan fingerprint density at radius 3 is 3.00 bits per heavy atom. The summed E-state index contributed by atoms with van der Waals surface area (Å²) in [5, 5.41) is 0. The van der Waals surface area contributed by atoms with Crippen LogP contribution in [0, 0.1) is 5.92 Å². The standard InChI is InChI=1S/C10H20N2O/c1-8(2)5-10(12-11)6-9-3-4-13-7-9/h9-10,12H,1,3-7,11H2,2H3. The summed E-state index contributed by atoms with van der Waals surface area (Å²) >= 11 is 0. The van der Waals surface area contributed by atoms with Crippen LogP contribution in [-0.2, 0) is 4.74 Å². The fourth-order valence-corrected chi connectivity index (χ4v) is 1.80. The number of hydrazine groups is 1. The molecule has 0 amide bonds. The van der Waals surface area contributed by atoms with Crippen molar-refractivity contribution in [3.05, 3.63) is 12.2 Å². The van der Waals surface area contributed by atoms with Gasteiger partial charge in [0, 0.05) is 19.3 Å². The van der Waals surface area contributed by atoms with Crippen molar-refractivity contribution in [3.63, 3.8) is 0 Å². The second kappa shape index (κ2) is 5.37. The summed E-state index contributed by atoms with van der Waals surface area (Å²) in [5.41, 5.74) is 4.03. The van der Waals surface area contributed by atoms with E-state index in [0.717, 1.165) is 26.1 Å². The average molecular weight is 184 g/mol. The van der Waals surface area contributed by atoms with Crippen molar-refractivity contribution >= 4 is 0 Å². The van der Waals surface area contributed by atoms with Crippen LogP contribution in [0.5, 0.6) is 0 Å². The lowest BCUT2D eigenvalue weighted by Crippen LogP contribution is -2.36. The average Bonchev–Trinajstić information content (AvgIpc) is 2.55. The molecule has 1 saturated heterocycles. The first-order valence-electron chi connectivity index (χ1n) is 4.90. The zero-order valence-corrected chi connectivity index (χ0v) is 8.38. The van der Waals surface area contributed by atoms with Gasteiger partial charge in [0.05, 0.1) is 0 Å². The van der Waals surface area contributed by atoms with Crippen LogP contribution < -0.4 is 11.3 Å². The summed E-state index contributed by atoms with van der Waals surface area (Å²) in [7, 11) is 0. The number of rotatable bonds is 5. The number of hydrogen-bond donors (Lipinski definition) is 2. The second-order valence-electron chi connectivity index (χ2n) is 3.99. The molecule has 0 aromatic carbocycles. The van der Waals surface area contributed by atoms with Crippen molar-refractivity contribution in [1.29, 1.82) is 0 Å². The second-order valence-corrected chi connectivity index (χ2v) is 3.99. The van der Waals surface area contributed by atoms with E-state index in [9.17, 15) is 0 Å². The molecule has 3 N–H and O–H groups in total. The van der Waals surface area contributed by atoms with Gasteiger partial charge < -0.3 is 4.74 Å². The number of hydrogen-bond acceptors (Lipinski definition) is 3. The quantitative estimate of drug-likeness (QED) is 0.383. The van der Waals surface area contributed by atoms with E-state index in [1.54, 1.807) is 0 Å². The van der Waals surface area contributed by atoms with Gasteiger partial charge in [0.25, 0.3) is 0 Å². The highest BCUT2D eigenvalue weighted by molar-refractivity contribution is 4.93. The first kappa shape index (κ1) is 10.7. The number of nitrogens with two attached hydrogens (primary N) is 1. The molecule has 76 valence electrons. The van der Waals surface area contributed by atoms with Gasteiger partial charge in [0.2, 0.25) is 0 Å². The van der Waals surface area contributed by atoms with Gasteiger partial charge in [-0.2, -0.15) is 0 Å². The molecule has 0 aromatic rings. The van der Waals surface area contributed by atoms with Crippen molar-refractivity contribution in [2.45, 2.75) is 32.2 Å². The lowest BCUT2D eigenvalue weighted by atomic mass is 9.96. The van der Waals surface area contributed by atoms with E-state index in [0.29, 0.717) is 12.0 Å². The van der Waals surface area contributed by atoms with Crippen molar-refractivity contribution in [2.75, 3.05) is 13.2 Å². The molecule has 1 heterocycles. The molecule has 0 bridgehead atoms. The highest BCUT2D eigenvalue weighted by Crippen LogP contribution is 2.20. The number of ether oxygens (including phenoxy) is 1. The molecule has 3 nitrogen and oxygen atoms in total. The van der Waals surface area contributed by atoms with E-state index in [1.165, 1.54) is 12.0 Å². The first-order valence-corrected chi connectivity index (χ1v) is 4.90. The third-order valence-electron chi connectivity index (χ3n) is 2.47. The maximum absolute atomic E-state index is 5.47. The molecule has 1 aliphatic heterocycles. The summed E-state index contributed by atoms with van der Waals surface area (Å²) in [5.74, 6) is 6.15. The zero-order valence-electron chi connectivity index (χ0n) is 8.38. The van der Waals surface area contributed by atoms with Gasteiger partial charge in [0.15, 0.2) is 0 Å². The molecular weight excluding hydrogens is 164 g/mol. The van der Waals surface area contributed by atoms with Gasteiger partial charge in [0.1, 0.15) is 0 Å². The van der Waals surface area contributed by atoms with Crippen LogP contribution in [-0.4, -0.2) is 19.3 Å². The Hall–Kier alpha value is -0.380. The Kier molecular flexibility index (Phi) is 4.42. The van der Waals surface area contributed by atoms with E-state index >= 15 is 0 Å². The van der Waals surface area contributed by atoms with Gasteiger partial charge in [-0.1, -0.05) is 5.57 Å². The zero-order chi connectivity index (χ0) is 9.68. The maximum atomic E-state index is 5.47. The molecule has 1 aliphatic rings. The summed E-state index contributed by atoms with van der Waals surface area (Å²) < 4.78 is 5.32. The molecule has 13 heavy (non-hydrogen) atoms. The van der Waals surface area contributed by atoms with E-state index in [4.69, 9.17) is 10.6 Å². The largest absolute Gasteiger partial charge is 0.381 e. The highest BCUT2D eigenvalue weighted by Gasteiger charge is 2.19. The smallest absolute Gasteiger partial charge is 0.0495 e. The predicted molar refractivity (Wildman–Crippen MR) is 54.1 cm³/mol. The Morgan fingerprint density at radius 1 is 1.77 bits per heavy atom. The Labute approximate surface area is 80.3 Å². The third-order valence-corrected chi connectivity index (χ3v) is 2.47. The first-order chi connectivity index (χ1) is 6.22. The van der Waals surface area contributed by atoms with Crippen LogP contribution in [0.1, 0.15) is 26.2 Å². The SMILES string of the molecule is C=C(C)CC(CC1CCOC1)NN. The lowest BCUT2D eigenvalue weighted by molar-refractivity contribution is 0.181. The molecule has 0 spiro atoms. The van der Waals surface area contributed by atoms with Crippen LogP contribution in [0.15, 0.2) is 12.2 Å². The van der Waals surface area contributed by atoms with Crippen LogP contribution in [0.3, 0.4) is 0 Å². The van der Waals surface area contributed by atoms with Crippen molar-refractivity contribution in [1.82, 2.24) is 5.43 Å². The molecule has 3 heteroatoms. The maximum Gasteiger partial charge on any atom is 0.0495 e. The van der Waals surface area contributed by atoms with Gasteiger partial charge >= 0.3 is 0 Å². The van der Waals surface area contributed by atoms with E-state index in [1.807, 2.05) is 6.92 Å². The normalized spacial score (nSPS) is 24.6. The van der Waals surface area contributed by atoms with Crippen LogP contribution in [0.25, 0.3) is 0 Å². The van der Waals surface area contributed by atoms with E-state index in [2.05, 4.69) is 12.0 Å². The predicted octanol–water partition coefficient (Wildman–Crippen LogP) is 1.21. The van der Waals surface area contributed by atoms with Crippen molar-refractivity contribution in [2.24, 2.45) is 11.8 Å². The molecule has 1 rings (SSSR count). The molecule has 1 fully saturated rings. The van der Waals surface area contributed by atoms with Crippen molar-refractivity contribution in [3.8, 4) is 0 Å². The molecule has 0 saturated carbocycles. The minimum Gasteiger partial charge on any atom is -0.381 e. The monoisotopic (exact) mass is 184 g/mol. The summed E-state index contributed by atoms with van der Waals surface area (Å²) in [4.78, 5) is 0. The van der Waals surface area contributed by atoms with E-state index < -0.39 is 0 Å². The fraction of sp³-hybridized carbons (Fsp3) is 0.800. The van der Waals surface area contributed by atoms with E-state index in [-0.39, 0.29) is 0 Å². The van der Waals surface area contributed by atoms with Gasteiger partial charge in [-0.3, -0.25) is 11.3 Å². The van der Waals surface area contributed by atoms with Crippen molar-refractivity contribution < 1.29 is 4.74 Å². The summed E-state index contributed by atoms with van der Waals surface area (Å²) in [6.45, 7) is 7.74. The van der Waals surface area contributed by atoms with Gasteiger partial charge in [-0.25, -0.2) is 0 Å². The third kappa shape index (κ3) is 3.89. The Morgan fingerprint density at radius 2 is 2.54 bits per heavy atom. The van der Waals surface area contributed by atoms with Gasteiger partial charge in [-0.05, 0) is 32.1 Å². The summed E-state index contributed by atoms with van der Waals surface area (Å²) in [6.07, 6.45) is 3.24. The topological polar surface area (TPSA) is 47.3 Å². The molecule has 0 aliphatic carbocycles. The minimum atomic E-state index is 0.365. The van der Waals surface area contributed by atoms with Crippen LogP contribution >= 0.6 is 0 Å². The van der Waals surface area contributed by atoms with Gasteiger partial charge in [-0.15, -0.1) is 6.58 Å². The summed E-state index contributed by atoms with van der Waals surface area (Å²) in [6, 6.07) is 0.365. The van der Waals surface area contributed by atoms with Crippen LogP contribution in [0.2, 0.25) is 0 Å². The highest BCUT2D eigenvalue weighted by atomic mass is 16.5. The molecule has 2 unspecified atom stereocenters. The molecular formula is C10H20N2O.